The van der Waals surface area contributed by atoms with E-state index < -0.39 is 0 Å². The zero-order valence-corrected chi connectivity index (χ0v) is 13.8. The van der Waals surface area contributed by atoms with E-state index in [4.69, 9.17) is 0 Å². The third-order valence-electron chi connectivity index (χ3n) is 4.02. The van der Waals surface area contributed by atoms with Gasteiger partial charge in [0.15, 0.2) is 0 Å². The van der Waals surface area contributed by atoms with Gasteiger partial charge >= 0.3 is 0 Å². The number of halogens is 1. The van der Waals surface area contributed by atoms with Crippen LogP contribution >= 0.6 is 15.9 Å². The van der Waals surface area contributed by atoms with Crippen LogP contribution in [-0.2, 0) is 6.42 Å². The molecule has 4 heteroatoms. The molecule has 1 heterocycles. The minimum atomic E-state index is -0.162. The molecule has 1 N–H and O–H groups in total. The van der Waals surface area contributed by atoms with Crippen LogP contribution in [0.2, 0.25) is 0 Å². The molecule has 3 aromatic rings. The summed E-state index contributed by atoms with van der Waals surface area (Å²) in [5.74, 6) is -0.162. The van der Waals surface area contributed by atoms with Crippen LogP contribution in [0.1, 0.15) is 21.5 Å². The maximum Gasteiger partial charge on any atom is 0.257 e. The van der Waals surface area contributed by atoms with Gasteiger partial charge in [-0.15, -0.1) is 0 Å². The molecule has 1 aliphatic carbocycles. The number of nitrogens with zero attached hydrogens (tertiary/aromatic N) is 1. The van der Waals surface area contributed by atoms with Gasteiger partial charge in [0, 0.05) is 22.6 Å². The molecule has 0 bridgehead atoms. The van der Waals surface area contributed by atoms with Crippen molar-refractivity contribution in [2.45, 2.75) is 6.42 Å². The van der Waals surface area contributed by atoms with Gasteiger partial charge in [0.1, 0.15) is 0 Å². The number of hydrogen-bond donors (Lipinski definition) is 1. The van der Waals surface area contributed by atoms with Crippen molar-refractivity contribution in [1.82, 2.24) is 4.98 Å². The molecule has 2 aromatic carbocycles. The minimum Gasteiger partial charge on any atom is -0.322 e. The Balaban J connectivity index is 1.64. The third-order valence-corrected chi connectivity index (χ3v) is 4.46. The van der Waals surface area contributed by atoms with Crippen LogP contribution in [0.3, 0.4) is 0 Å². The molecule has 0 aliphatic heterocycles. The van der Waals surface area contributed by atoms with E-state index in [-0.39, 0.29) is 5.91 Å². The summed E-state index contributed by atoms with van der Waals surface area (Å²) in [4.78, 5) is 16.4. The van der Waals surface area contributed by atoms with Gasteiger partial charge < -0.3 is 5.32 Å². The number of carbonyl (C=O) groups excluding carboxylic acids is 1. The molecular weight excluding hydrogens is 352 g/mol. The molecule has 0 saturated carbocycles. The molecule has 1 amide bonds. The third kappa shape index (κ3) is 2.66. The van der Waals surface area contributed by atoms with Gasteiger partial charge in [0.25, 0.3) is 5.91 Å². The fourth-order valence-corrected chi connectivity index (χ4v) is 3.31. The molecule has 1 aliphatic rings. The molecule has 0 unspecified atom stereocenters. The van der Waals surface area contributed by atoms with E-state index in [1.165, 1.54) is 22.3 Å². The highest BCUT2D eigenvalue weighted by Crippen LogP contribution is 2.37. The molecule has 0 saturated heterocycles. The van der Waals surface area contributed by atoms with Gasteiger partial charge in [-0.2, -0.15) is 0 Å². The summed E-state index contributed by atoms with van der Waals surface area (Å²) in [6, 6.07) is 16.2. The second kappa shape index (κ2) is 5.63. The van der Waals surface area contributed by atoms with Crippen molar-refractivity contribution >= 4 is 27.5 Å². The zero-order chi connectivity index (χ0) is 15.8. The molecule has 112 valence electrons. The van der Waals surface area contributed by atoms with Crippen molar-refractivity contribution in [2.24, 2.45) is 0 Å². The highest BCUT2D eigenvalue weighted by molar-refractivity contribution is 9.10. The lowest BCUT2D eigenvalue weighted by Gasteiger charge is -2.08. The Labute approximate surface area is 142 Å². The number of nitrogens with one attached hydrogen (secondary N) is 1. The van der Waals surface area contributed by atoms with Crippen LogP contribution in [-0.4, -0.2) is 10.9 Å². The van der Waals surface area contributed by atoms with Crippen molar-refractivity contribution in [3.8, 4) is 11.1 Å². The molecule has 0 spiro atoms. The quantitative estimate of drug-likeness (QED) is 0.561. The lowest BCUT2D eigenvalue weighted by Crippen LogP contribution is -2.12. The fraction of sp³-hybridized carbons (Fsp3) is 0.0526. The van der Waals surface area contributed by atoms with Crippen LogP contribution < -0.4 is 5.32 Å². The first kappa shape index (κ1) is 14.2. The Morgan fingerprint density at radius 1 is 1.00 bits per heavy atom. The fourth-order valence-electron chi connectivity index (χ4n) is 2.94. The van der Waals surface area contributed by atoms with Crippen molar-refractivity contribution in [3.63, 3.8) is 0 Å². The van der Waals surface area contributed by atoms with Gasteiger partial charge in [-0.3, -0.25) is 9.78 Å². The number of anilines is 1. The number of hydrogen-bond acceptors (Lipinski definition) is 2. The summed E-state index contributed by atoms with van der Waals surface area (Å²) in [5.41, 5.74) is 6.41. The summed E-state index contributed by atoms with van der Waals surface area (Å²) in [7, 11) is 0. The zero-order valence-electron chi connectivity index (χ0n) is 12.2. The van der Waals surface area contributed by atoms with E-state index in [2.05, 4.69) is 50.5 Å². The number of carbonyl (C=O) groups is 1. The predicted octanol–water partition coefficient (Wildman–Crippen LogP) is 4.67. The highest BCUT2D eigenvalue weighted by Gasteiger charge is 2.18. The highest BCUT2D eigenvalue weighted by atomic mass is 79.9. The Morgan fingerprint density at radius 3 is 2.70 bits per heavy atom. The van der Waals surface area contributed by atoms with E-state index in [0.29, 0.717) is 5.56 Å². The van der Waals surface area contributed by atoms with E-state index >= 15 is 0 Å². The molecule has 23 heavy (non-hydrogen) atoms. The second-order valence-electron chi connectivity index (χ2n) is 5.55. The first-order valence-corrected chi connectivity index (χ1v) is 8.13. The Morgan fingerprint density at radius 2 is 1.83 bits per heavy atom. The van der Waals surface area contributed by atoms with Crippen molar-refractivity contribution in [2.75, 3.05) is 5.32 Å². The van der Waals surface area contributed by atoms with E-state index in [1.807, 2.05) is 18.2 Å². The number of rotatable bonds is 2. The first-order chi connectivity index (χ1) is 11.2. The Bertz CT molecular complexity index is 921. The van der Waals surface area contributed by atoms with E-state index in [1.54, 1.807) is 18.5 Å². The topological polar surface area (TPSA) is 42.0 Å². The SMILES string of the molecule is O=C(Nc1ccc2c(c1)-c1ccccc1C2)c1cncc(Br)c1. The molecule has 1 aromatic heterocycles. The summed E-state index contributed by atoms with van der Waals surface area (Å²) in [6.45, 7) is 0. The van der Waals surface area contributed by atoms with Gasteiger partial charge in [0.2, 0.25) is 0 Å². The van der Waals surface area contributed by atoms with Crippen molar-refractivity contribution in [1.29, 1.82) is 0 Å². The maximum atomic E-state index is 12.3. The van der Waals surface area contributed by atoms with Crippen molar-refractivity contribution in [3.05, 3.63) is 82.1 Å². The van der Waals surface area contributed by atoms with Crippen LogP contribution in [0.15, 0.2) is 65.4 Å². The predicted molar refractivity (Wildman–Crippen MR) is 94.6 cm³/mol. The summed E-state index contributed by atoms with van der Waals surface area (Å²) in [5, 5.41) is 2.95. The number of amides is 1. The minimum absolute atomic E-state index is 0.162. The van der Waals surface area contributed by atoms with Crippen LogP contribution in [0.5, 0.6) is 0 Å². The lowest BCUT2D eigenvalue weighted by atomic mass is 10.1. The Hall–Kier alpha value is -2.46. The smallest absolute Gasteiger partial charge is 0.257 e. The average Bonchev–Trinajstić information content (AvgIpc) is 2.93. The van der Waals surface area contributed by atoms with Gasteiger partial charge in [-0.05, 0) is 62.8 Å². The monoisotopic (exact) mass is 364 g/mol. The summed E-state index contributed by atoms with van der Waals surface area (Å²) >= 11 is 3.33. The molecule has 4 rings (SSSR count). The van der Waals surface area contributed by atoms with Gasteiger partial charge in [-0.1, -0.05) is 30.3 Å². The number of fused-ring (bicyclic) bond motifs is 3. The van der Waals surface area contributed by atoms with E-state index in [0.717, 1.165) is 16.6 Å². The van der Waals surface area contributed by atoms with Crippen LogP contribution in [0.4, 0.5) is 5.69 Å². The molecule has 0 fully saturated rings. The van der Waals surface area contributed by atoms with Gasteiger partial charge in [-0.25, -0.2) is 0 Å². The average molecular weight is 365 g/mol. The summed E-state index contributed by atoms with van der Waals surface area (Å²) < 4.78 is 0.785. The normalized spacial score (nSPS) is 11.7. The van der Waals surface area contributed by atoms with E-state index in [9.17, 15) is 4.79 Å². The first-order valence-electron chi connectivity index (χ1n) is 7.34. The second-order valence-corrected chi connectivity index (χ2v) is 6.47. The number of aromatic nitrogens is 1. The van der Waals surface area contributed by atoms with Crippen LogP contribution in [0.25, 0.3) is 11.1 Å². The summed E-state index contributed by atoms with van der Waals surface area (Å²) in [6.07, 6.45) is 4.17. The molecule has 0 radical (unpaired) electrons. The molecular formula is C19H13BrN2O. The Kier molecular flexibility index (Phi) is 3.46. The van der Waals surface area contributed by atoms with Gasteiger partial charge in [0.05, 0.1) is 5.56 Å². The van der Waals surface area contributed by atoms with Crippen LogP contribution in [0, 0.1) is 0 Å². The largest absolute Gasteiger partial charge is 0.322 e. The standard InChI is InChI=1S/C19H13BrN2O/c20-15-8-14(10-21-11-15)19(23)22-16-6-5-13-7-12-3-1-2-4-17(12)18(13)9-16/h1-6,8-11H,7H2,(H,22,23). The van der Waals surface area contributed by atoms with Crippen molar-refractivity contribution < 1.29 is 4.79 Å². The number of pyridine rings is 1. The lowest BCUT2D eigenvalue weighted by molar-refractivity contribution is 0.102. The maximum absolute atomic E-state index is 12.3. The molecule has 0 atom stereocenters. The molecule has 3 nitrogen and oxygen atoms in total. The number of benzene rings is 2.